The molecule has 0 spiro atoms. The van der Waals surface area contributed by atoms with Crippen LogP contribution < -0.4 is 0 Å². The molecule has 2 heterocycles. The number of likely N-dealkylation sites (tertiary alicyclic amines) is 1. The number of amides is 1. The third kappa shape index (κ3) is 3.55. The van der Waals surface area contributed by atoms with Crippen molar-refractivity contribution in [2.24, 2.45) is 0 Å². The van der Waals surface area contributed by atoms with E-state index in [9.17, 15) is 9.90 Å². The average molecular weight is 313 g/mol. The van der Waals surface area contributed by atoms with E-state index in [0.29, 0.717) is 12.8 Å². The predicted molar refractivity (Wildman–Crippen MR) is 88.1 cm³/mol. The Morgan fingerprint density at radius 3 is 2.96 bits per heavy atom. The summed E-state index contributed by atoms with van der Waals surface area (Å²) in [6.07, 6.45) is 6.89. The number of hydrogen-bond donors (Lipinski definition) is 1. The molecule has 1 aliphatic heterocycles. The van der Waals surface area contributed by atoms with Crippen molar-refractivity contribution < 1.29 is 9.90 Å². The number of imidazole rings is 1. The van der Waals surface area contributed by atoms with Gasteiger partial charge >= 0.3 is 0 Å². The molecule has 1 saturated heterocycles. The van der Waals surface area contributed by atoms with Gasteiger partial charge in [0.2, 0.25) is 5.91 Å². The van der Waals surface area contributed by atoms with Crippen LogP contribution in [-0.2, 0) is 17.8 Å². The van der Waals surface area contributed by atoms with Crippen LogP contribution in [0.5, 0.6) is 5.75 Å². The van der Waals surface area contributed by atoms with E-state index in [-0.39, 0.29) is 17.7 Å². The van der Waals surface area contributed by atoms with E-state index >= 15 is 0 Å². The van der Waals surface area contributed by atoms with Gasteiger partial charge in [-0.25, -0.2) is 4.98 Å². The van der Waals surface area contributed by atoms with Crippen molar-refractivity contribution >= 4 is 5.91 Å². The van der Waals surface area contributed by atoms with E-state index in [0.717, 1.165) is 37.3 Å². The van der Waals surface area contributed by atoms with Crippen molar-refractivity contribution in [1.82, 2.24) is 14.5 Å². The SMILES string of the molecule is Cc1nccn1CC1CCCN1C(=O)CCc1ccccc1O. The van der Waals surface area contributed by atoms with Gasteiger partial charge in [0.15, 0.2) is 0 Å². The predicted octanol–water partition coefficient (Wildman–Crippen LogP) is 2.52. The first kappa shape index (κ1) is 15.6. The quantitative estimate of drug-likeness (QED) is 0.923. The van der Waals surface area contributed by atoms with Gasteiger partial charge in [0.1, 0.15) is 11.6 Å². The Hall–Kier alpha value is -2.30. The van der Waals surface area contributed by atoms with Crippen LogP contribution in [-0.4, -0.2) is 38.1 Å². The first-order chi connectivity index (χ1) is 11.1. The molecule has 5 heteroatoms. The Morgan fingerprint density at radius 2 is 2.22 bits per heavy atom. The second-order valence-electron chi connectivity index (χ2n) is 6.14. The summed E-state index contributed by atoms with van der Waals surface area (Å²) in [5.74, 6) is 1.43. The molecule has 1 atom stereocenters. The van der Waals surface area contributed by atoms with Gasteiger partial charge in [-0.3, -0.25) is 4.79 Å². The summed E-state index contributed by atoms with van der Waals surface area (Å²) in [5, 5.41) is 9.81. The Labute approximate surface area is 136 Å². The molecule has 122 valence electrons. The lowest BCUT2D eigenvalue weighted by atomic mass is 10.1. The molecule has 0 aliphatic carbocycles. The number of phenolic OH excluding ortho intramolecular Hbond substituents is 1. The minimum atomic E-state index is 0.175. The summed E-state index contributed by atoms with van der Waals surface area (Å²) in [4.78, 5) is 18.8. The molecule has 2 aromatic rings. The van der Waals surface area contributed by atoms with Crippen molar-refractivity contribution in [3.63, 3.8) is 0 Å². The molecule has 1 fully saturated rings. The summed E-state index contributed by atoms with van der Waals surface area (Å²) in [6, 6.07) is 7.48. The number of phenols is 1. The molecule has 3 rings (SSSR count). The van der Waals surface area contributed by atoms with E-state index in [1.54, 1.807) is 18.3 Å². The first-order valence-corrected chi connectivity index (χ1v) is 8.19. The molecule has 1 aromatic heterocycles. The molecule has 1 N–H and O–H groups in total. The fourth-order valence-corrected chi connectivity index (χ4v) is 3.29. The number of aromatic nitrogens is 2. The van der Waals surface area contributed by atoms with Crippen LogP contribution in [0.3, 0.4) is 0 Å². The third-order valence-electron chi connectivity index (χ3n) is 4.63. The number of carbonyl (C=O) groups excluding carboxylic acids is 1. The lowest BCUT2D eigenvalue weighted by molar-refractivity contribution is -0.132. The van der Waals surface area contributed by atoms with Crippen molar-refractivity contribution in [2.45, 2.75) is 45.2 Å². The highest BCUT2D eigenvalue weighted by atomic mass is 16.3. The third-order valence-corrected chi connectivity index (χ3v) is 4.63. The molecule has 1 aliphatic rings. The van der Waals surface area contributed by atoms with Gasteiger partial charge in [0, 0.05) is 37.9 Å². The molecule has 0 bridgehead atoms. The van der Waals surface area contributed by atoms with Gasteiger partial charge in [-0.1, -0.05) is 18.2 Å². The van der Waals surface area contributed by atoms with Crippen LogP contribution in [0.2, 0.25) is 0 Å². The average Bonchev–Trinajstić information content (AvgIpc) is 3.16. The van der Waals surface area contributed by atoms with Crippen LogP contribution in [0.25, 0.3) is 0 Å². The maximum atomic E-state index is 12.6. The summed E-state index contributed by atoms with van der Waals surface area (Å²) < 4.78 is 2.11. The molecular weight excluding hydrogens is 290 g/mol. The van der Waals surface area contributed by atoms with Crippen LogP contribution in [0.1, 0.15) is 30.7 Å². The largest absolute Gasteiger partial charge is 0.508 e. The Balaban J connectivity index is 1.60. The number of aromatic hydroxyl groups is 1. The van der Waals surface area contributed by atoms with Gasteiger partial charge in [0.25, 0.3) is 0 Å². The fraction of sp³-hybridized carbons (Fsp3) is 0.444. The Bertz CT molecular complexity index is 680. The summed E-state index contributed by atoms with van der Waals surface area (Å²) in [5.41, 5.74) is 0.835. The van der Waals surface area contributed by atoms with Gasteiger partial charge < -0.3 is 14.6 Å². The lowest BCUT2D eigenvalue weighted by Gasteiger charge is -2.25. The minimum absolute atomic E-state index is 0.175. The van der Waals surface area contributed by atoms with E-state index in [1.165, 1.54) is 0 Å². The van der Waals surface area contributed by atoms with E-state index in [2.05, 4.69) is 9.55 Å². The van der Waals surface area contributed by atoms with Crippen LogP contribution in [0.4, 0.5) is 0 Å². The number of carbonyl (C=O) groups is 1. The van der Waals surface area contributed by atoms with Crippen molar-refractivity contribution in [3.05, 3.63) is 48.0 Å². The summed E-state index contributed by atoms with van der Waals surface area (Å²) in [6.45, 7) is 3.63. The van der Waals surface area contributed by atoms with Gasteiger partial charge in [-0.15, -0.1) is 0 Å². The number of nitrogens with zero attached hydrogens (tertiary/aromatic N) is 3. The molecule has 1 aromatic carbocycles. The minimum Gasteiger partial charge on any atom is -0.508 e. The highest BCUT2D eigenvalue weighted by Crippen LogP contribution is 2.22. The van der Waals surface area contributed by atoms with E-state index < -0.39 is 0 Å². The molecule has 0 saturated carbocycles. The molecule has 23 heavy (non-hydrogen) atoms. The summed E-state index contributed by atoms with van der Waals surface area (Å²) >= 11 is 0. The second-order valence-corrected chi connectivity index (χ2v) is 6.14. The topological polar surface area (TPSA) is 58.4 Å². The Morgan fingerprint density at radius 1 is 1.39 bits per heavy atom. The zero-order valence-corrected chi connectivity index (χ0v) is 13.5. The van der Waals surface area contributed by atoms with Crippen LogP contribution in [0.15, 0.2) is 36.7 Å². The molecule has 5 nitrogen and oxygen atoms in total. The monoisotopic (exact) mass is 313 g/mol. The number of rotatable bonds is 5. The molecular formula is C18H23N3O2. The standard InChI is InChI=1S/C18H23N3O2/c1-14-19-10-12-20(14)13-16-6-4-11-21(16)18(23)9-8-15-5-2-3-7-17(15)22/h2-3,5,7,10,12,16,22H,4,6,8-9,11,13H2,1H3. The van der Waals surface area contributed by atoms with E-state index in [1.807, 2.05) is 30.2 Å². The zero-order chi connectivity index (χ0) is 16.2. The van der Waals surface area contributed by atoms with Gasteiger partial charge in [0.05, 0.1) is 0 Å². The van der Waals surface area contributed by atoms with Crippen molar-refractivity contribution in [3.8, 4) is 5.75 Å². The lowest BCUT2D eigenvalue weighted by Crippen LogP contribution is -2.38. The van der Waals surface area contributed by atoms with Crippen LogP contribution in [0, 0.1) is 6.92 Å². The maximum absolute atomic E-state index is 12.6. The highest BCUT2D eigenvalue weighted by Gasteiger charge is 2.28. The number of benzene rings is 1. The maximum Gasteiger partial charge on any atom is 0.223 e. The molecule has 1 unspecified atom stereocenters. The van der Waals surface area contributed by atoms with Crippen molar-refractivity contribution in [1.29, 1.82) is 0 Å². The van der Waals surface area contributed by atoms with Gasteiger partial charge in [-0.05, 0) is 37.8 Å². The zero-order valence-electron chi connectivity index (χ0n) is 13.5. The fourth-order valence-electron chi connectivity index (χ4n) is 3.29. The number of aryl methyl sites for hydroxylation is 2. The normalized spacial score (nSPS) is 17.6. The van der Waals surface area contributed by atoms with E-state index in [4.69, 9.17) is 0 Å². The number of para-hydroxylation sites is 1. The smallest absolute Gasteiger partial charge is 0.223 e. The van der Waals surface area contributed by atoms with Crippen LogP contribution >= 0.6 is 0 Å². The van der Waals surface area contributed by atoms with Crippen molar-refractivity contribution in [2.75, 3.05) is 6.54 Å². The molecule has 1 amide bonds. The van der Waals surface area contributed by atoms with Gasteiger partial charge in [-0.2, -0.15) is 0 Å². The second kappa shape index (κ2) is 6.86. The number of hydrogen-bond acceptors (Lipinski definition) is 3. The first-order valence-electron chi connectivity index (χ1n) is 8.19. The molecule has 0 radical (unpaired) electrons. The Kier molecular flexibility index (Phi) is 4.65. The summed E-state index contributed by atoms with van der Waals surface area (Å²) in [7, 11) is 0. The highest BCUT2D eigenvalue weighted by molar-refractivity contribution is 5.77.